The molecule has 1 aromatic heterocycles. The highest BCUT2D eigenvalue weighted by molar-refractivity contribution is 7.13. The second-order valence-corrected chi connectivity index (χ2v) is 5.84. The van der Waals surface area contributed by atoms with E-state index >= 15 is 0 Å². The Bertz CT molecular complexity index is 379. The number of amides is 1. The molecule has 0 aliphatic rings. The molecular weight excluding hydrogens is 222 g/mol. The van der Waals surface area contributed by atoms with Gasteiger partial charge in [-0.15, -0.1) is 11.3 Å². The van der Waals surface area contributed by atoms with Crippen molar-refractivity contribution in [2.24, 2.45) is 5.84 Å². The fourth-order valence-electron chi connectivity index (χ4n) is 1.41. The minimum absolute atomic E-state index is 0.135. The number of thiazole rings is 1. The SMILES string of the molecule is CCCc1nc(C(C)(C)C)c(C(=O)NN)s1. The summed E-state index contributed by atoms with van der Waals surface area (Å²) in [6, 6.07) is 0. The molecule has 1 rings (SSSR count). The number of aromatic nitrogens is 1. The number of nitrogens with one attached hydrogen (secondary N) is 1. The number of hydrogen-bond donors (Lipinski definition) is 2. The first kappa shape index (κ1) is 13.1. The molecule has 0 unspecified atom stereocenters. The Morgan fingerprint density at radius 3 is 2.56 bits per heavy atom. The van der Waals surface area contributed by atoms with Crippen molar-refractivity contribution in [3.63, 3.8) is 0 Å². The molecular formula is C11H19N3OS. The second kappa shape index (κ2) is 4.93. The molecule has 5 heteroatoms. The largest absolute Gasteiger partial charge is 0.289 e. The van der Waals surface area contributed by atoms with Crippen LogP contribution < -0.4 is 11.3 Å². The molecule has 0 fully saturated rings. The van der Waals surface area contributed by atoms with Crippen molar-refractivity contribution in [3.8, 4) is 0 Å². The fraction of sp³-hybridized carbons (Fsp3) is 0.636. The van der Waals surface area contributed by atoms with Gasteiger partial charge in [-0.3, -0.25) is 10.2 Å². The maximum atomic E-state index is 11.6. The minimum atomic E-state index is -0.246. The fourth-order valence-corrected chi connectivity index (χ4v) is 2.69. The lowest BCUT2D eigenvalue weighted by Crippen LogP contribution is -2.31. The molecule has 0 aromatic carbocycles. The highest BCUT2D eigenvalue weighted by atomic mass is 32.1. The third kappa shape index (κ3) is 2.80. The Labute approximate surface area is 100 Å². The van der Waals surface area contributed by atoms with Crippen LogP contribution in [-0.2, 0) is 11.8 Å². The summed E-state index contributed by atoms with van der Waals surface area (Å²) in [4.78, 5) is 16.8. The van der Waals surface area contributed by atoms with Gasteiger partial charge in [0.1, 0.15) is 4.88 Å². The van der Waals surface area contributed by atoms with Gasteiger partial charge in [-0.25, -0.2) is 10.8 Å². The normalized spacial score (nSPS) is 11.6. The van der Waals surface area contributed by atoms with E-state index in [1.807, 2.05) is 20.8 Å². The van der Waals surface area contributed by atoms with Crippen LogP contribution in [0.4, 0.5) is 0 Å². The highest BCUT2D eigenvalue weighted by Crippen LogP contribution is 2.29. The molecule has 90 valence electrons. The zero-order valence-electron chi connectivity index (χ0n) is 10.3. The summed E-state index contributed by atoms with van der Waals surface area (Å²) in [7, 11) is 0. The lowest BCUT2D eigenvalue weighted by Gasteiger charge is -2.16. The van der Waals surface area contributed by atoms with Crippen LogP contribution in [0.3, 0.4) is 0 Å². The summed E-state index contributed by atoms with van der Waals surface area (Å²) >= 11 is 1.44. The smallest absolute Gasteiger partial charge is 0.277 e. The van der Waals surface area contributed by atoms with Crippen molar-refractivity contribution >= 4 is 17.2 Å². The summed E-state index contributed by atoms with van der Waals surface area (Å²) in [5, 5.41) is 1.01. The van der Waals surface area contributed by atoms with Crippen LogP contribution in [0.15, 0.2) is 0 Å². The molecule has 16 heavy (non-hydrogen) atoms. The number of rotatable bonds is 3. The van der Waals surface area contributed by atoms with Crippen molar-refractivity contribution in [2.75, 3.05) is 0 Å². The minimum Gasteiger partial charge on any atom is -0.289 e. The number of nitrogens with zero attached hydrogens (tertiary/aromatic N) is 1. The quantitative estimate of drug-likeness (QED) is 0.483. The average Bonchev–Trinajstić information content (AvgIpc) is 2.61. The molecule has 0 radical (unpaired) electrons. The third-order valence-corrected chi connectivity index (χ3v) is 3.30. The molecule has 0 atom stereocenters. The zero-order chi connectivity index (χ0) is 12.3. The van der Waals surface area contributed by atoms with Gasteiger partial charge < -0.3 is 0 Å². The lowest BCUT2D eigenvalue weighted by atomic mass is 9.91. The molecule has 0 aliphatic carbocycles. The van der Waals surface area contributed by atoms with E-state index in [9.17, 15) is 4.79 Å². The number of nitrogen functional groups attached to an aromatic ring is 1. The van der Waals surface area contributed by atoms with Crippen LogP contribution in [0.2, 0.25) is 0 Å². The number of carbonyl (C=O) groups is 1. The van der Waals surface area contributed by atoms with Gasteiger partial charge in [-0.05, 0) is 12.8 Å². The topological polar surface area (TPSA) is 68.0 Å². The van der Waals surface area contributed by atoms with Crippen LogP contribution >= 0.6 is 11.3 Å². The lowest BCUT2D eigenvalue weighted by molar-refractivity contribution is 0.0955. The summed E-state index contributed by atoms with van der Waals surface area (Å²) in [6.45, 7) is 8.24. The molecule has 0 saturated heterocycles. The molecule has 1 aromatic rings. The van der Waals surface area contributed by atoms with E-state index in [-0.39, 0.29) is 11.3 Å². The van der Waals surface area contributed by atoms with Crippen molar-refractivity contribution in [1.82, 2.24) is 10.4 Å². The Hall–Kier alpha value is -0.940. The van der Waals surface area contributed by atoms with E-state index in [1.54, 1.807) is 0 Å². The van der Waals surface area contributed by atoms with Gasteiger partial charge in [0.15, 0.2) is 0 Å². The van der Waals surface area contributed by atoms with E-state index in [2.05, 4.69) is 17.3 Å². The van der Waals surface area contributed by atoms with Gasteiger partial charge >= 0.3 is 0 Å². The molecule has 4 nitrogen and oxygen atoms in total. The molecule has 0 spiro atoms. The number of nitrogens with two attached hydrogens (primary N) is 1. The van der Waals surface area contributed by atoms with Gasteiger partial charge in [0.05, 0.1) is 10.7 Å². The molecule has 1 heterocycles. The highest BCUT2D eigenvalue weighted by Gasteiger charge is 2.26. The van der Waals surface area contributed by atoms with Crippen molar-refractivity contribution in [3.05, 3.63) is 15.6 Å². The summed E-state index contributed by atoms with van der Waals surface area (Å²) in [5.41, 5.74) is 2.88. The van der Waals surface area contributed by atoms with Crippen LogP contribution in [-0.4, -0.2) is 10.9 Å². The Kier molecular flexibility index (Phi) is 4.04. The van der Waals surface area contributed by atoms with E-state index in [1.165, 1.54) is 11.3 Å². The summed E-state index contributed by atoms with van der Waals surface area (Å²) < 4.78 is 0. The number of hydrogen-bond acceptors (Lipinski definition) is 4. The van der Waals surface area contributed by atoms with Gasteiger partial charge in [0.25, 0.3) is 5.91 Å². The van der Waals surface area contributed by atoms with E-state index in [0.29, 0.717) is 4.88 Å². The van der Waals surface area contributed by atoms with Crippen LogP contribution in [0.25, 0.3) is 0 Å². The first-order valence-electron chi connectivity index (χ1n) is 5.41. The van der Waals surface area contributed by atoms with Crippen molar-refractivity contribution in [1.29, 1.82) is 0 Å². The Morgan fingerprint density at radius 2 is 2.12 bits per heavy atom. The molecule has 0 aliphatic heterocycles. The maximum Gasteiger partial charge on any atom is 0.277 e. The molecule has 1 amide bonds. The Balaban J connectivity index is 3.18. The number of aryl methyl sites for hydroxylation is 1. The zero-order valence-corrected chi connectivity index (χ0v) is 11.1. The standard InChI is InChI=1S/C11H19N3OS/c1-5-6-7-13-9(11(2,3)4)8(16-7)10(15)14-12/h5-6,12H2,1-4H3,(H,14,15). The van der Waals surface area contributed by atoms with Crippen LogP contribution in [0.1, 0.15) is 54.5 Å². The predicted octanol–water partition coefficient (Wildman–Crippen LogP) is 2.00. The van der Waals surface area contributed by atoms with E-state index in [4.69, 9.17) is 5.84 Å². The first-order chi connectivity index (χ1) is 7.40. The number of carbonyl (C=O) groups excluding carboxylic acids is 1. The molecule has 3 N–H and O–H groups in total. The van der Waals surface area contributed by atoms with Gasteiger partial charge in [-0.1, -0.05) is 27.7 Å². The molecule has 0 saturated carbocycles. The van der Waals surface area contributed by atoms with Gasteiger partial charge in [0.2, 0.25) is 0 Å². The maximum absolute atomic E-state index is 11.6. The Morgan fingerprint density at radius 1 is 1.50 bits per heavy atom. The van der Waals surface area contributed by atoms with E-state index in [0.717, 1.165) is 23.5 Å². The molecule has 0 bridgehead atoms. The summed E-state index contributed by atoms with van der Waals surface area (Å²) in [6.07, 6.45) is 1.94. The average molecular weight is 241 g/mol. The first-order valence-corrected chi connectivity index (χ1v) is 6.23. The summed E-state index contributed by atoms with van der Waals surface area (Å²) in [5.74, 6) is 4.93. The van der Waals surface area contributed by atoms with Crippen LogP contribution in [0, 0.1) is 0 Å². The number of hydrazine groups is 1. The monoisotopic (exact) mass is 241 g/mol. The van der Waals surface area contributed by atoms with Gasteiger partial charge in [-0.2, -0.15) is 0 Å². The van der Waals surface area contributed by atoms with Crippen LogP contribution in [0.5, 0.6) is 0 Å². The van der Waals surface area contributed by atoms with E-state index < -0.39 is 0 Å². The van der Waals surface area contributed by atoms with Gasteiger partial charge in [0, 0.05) is 5.41 Å². The third-order valence-electron chi connectivity index (χ3n) is 2.18. The van der Waals surface area contributed by atoms with Crippen molar-refractivity contribution in [2.45, 2.75) is 46.0 Å². The van der Waals surface area contributed by atoms with Crippen molar-refractivity contribution < 1.29 is 4.79 Å². The predicted molar refractivity (Wildman–Crippen MR) is 66.5 cm³/mol. The second-order valence-electron chi connectivity index (χ2n) is 4.76.